The highest BCUT2D eigenvalue weighted by Crippen LogP contribution is 2.52. The van der Waals surface area contributed by atoms with Crippen LogP contribution in [0.1, 0.15) is 27.9 Å². The van der Waals surface area contributed by atoms with E-state index in [2.05, 4.69) is 4.90 Å². The first-order chi connectivity index (χ1) is 18.3. The zero-order valence-electron chi connectivity index (χ0n) is 22.6. The van der Waals surface area contributed by atoms with Crippen molar-refractivity contribution in [3.63, 3.8) is 0 Å². The number of ketones is 3. The van der Waals surface area contributed by atoms with Gasteiger partial charge < -0.3 is 30.9 Å². The number of Topliss-reactive ketones (excluding diaryl/α,β-unsaturated/α-hetero) is 3. The van der Waals surface area contributed by atoms with Gasteiger partial charge in [0.2, 0.25) is 5.91 Å². The second-order valence-electron chi connectivity index (χ2n) is 11.8. The molecule has 4 aliphatic rings. The van der Waals surface area contributed by atoms with E-state index < -0.39 is 64.7 Å². The van der Waals surface area contributed by atoms with Gasteiger partial charge in [0.15, 0.2) is 23.0 Å². The summed E-state index contributed by atoms with van der Waals surface area (Å²) in [6.45, 7) is 1.82. The van der Waals surface area contributed by atoms with Crippen molar-refractivity contribution in [2.24, 2.45) is 29.4 Å². The number of hydrogen-bond acceptors (Lipinski definition) is 10. The summed E-state index contributed by atoms with van der Waals surface area (Å²) in [5.74, 6) is -8.92. The Kier molecular flexibility index (Phi) is 6.69. The summed E-state index contributed by atoms with van der Waals surface area (Å²) in [6, 6.07) is 0.944. The van der Waals surface area contributed by atoms with E-state index in [9.17, 15) is 34.5 Å². The Balaban J connectivity index is 1.62. The van der Waals surface area contributed by atoms with Crippen LogP contribution in [0.25, 0.3) is 0 Å². The van der Waals surface area contributed by atoms with Crippen LogP contribution in [0, 0.1) is 23.7 Å². The zero-order valence-corrected chi connectivity index (χ0v) is 22.6. The number of carbonyl (C=O) groups is 4. The smallest absolute Gasteiger partial charge is 0.230 e. The fourth-order valence-electron chi connectivity index (χ4n) is 7.34. The number of aliphatic hydroxyl groups excluding tert-OH is 1. The van der Waals surface area contributed by atoms with E-state index in [1.54, 1.807) is 19.0 Å². The maximum Gasteiger partial charge on any atom is 0.230 e. The Labute approximate surface area is 226 Å². The second kappa shape index (κ2) is 9.51. The van der Waals surface area contributed by atoms with E-state index in [0.29, 0.717) is 30.8 Å². The third kappa shape index (κ3) is 3.94. The fourth-order valence-corrected chi connectivity index (χ4v) is 7.34. The summed E-state index contributed by atoms with van der Waals surface area (Å²) in [5, 5.41) is 34.1. The van der Waals surface area contributed by atoms with E-state index in [0.717, 1.165) is 5.69 Å². The number of hydrogen-bond donors (Lipinski definition) is 4. The van der Waals surface area contributed by atoms with E-state index in [1.807, 2.05) is 37.2 Å². The number of nitrogens with two attached hydrogens (primary N) is 1. The van der Waals surface area contributed by atoms with Crippen molar-refractivity contribution in [3.8, 4) is 5.75 Å². The van der Waals surface area contributed by atoms with Crippen LogP contribution in [-0.2, 0) is 27.3 Å². The molecule has 11 nitrogen and oxygen atoms in total. The van der Waals surface area contributed by atoms with E-state index in [-0.39, 0.29) is 24.2 Å². The number of fused-ring (bicyclic) bond motifs is 3. The van der Waals surface area contributed by atoms with Gasteiger partial charge in [0, 0.05) is 56.9 Å². The number of aromatic hydroxyl groups is 1. The first kappa shape index (κ1) is 27.4. The van der Waals surface area contributed by atoms with Crippen LogP contribution in [0.2, 0.25) is 0 Å². The van der Waals surface area contributed by atoms with Gasteiger partial charge >= 0.3 is 0 Å². The third-order valence-corrected chi connectivity index (χ3v) is 9.12. The van der Waals surface area contributed by atoms with Gasteiger partial charge in [-0.05, 0) is 44.5 Å². The van der Waals surface area contributed by atoms with Gasteiger partial charge in [0.25, 0.3) is 0 Å². The largest absolute Gasteiger partial charge is 0.507 e. The molecule has 0 radical (unpaired) electrons. The fraction of sp³-hybridized carbons (Fsp3) is 0.571. The minimum atomic E-state index is -2.67. The summed E-state index contributed by atoms with van der Waals surface area (Å²) in [4.78, 5) is 59.3. The Hall–Kier alpha value is -3.12. The van der Waals surface area contributed by atoms with E-state index in [4.69, 9.17) is 5.73 Å². The number of primary amides is 1. The number of aliphatic hydroxyl groups is 2. The lowest BCUT2D eigenvalue weighted by Gasteiger charge is -2.55. The number of amides is 1. The molecule has 39 heavy (non-hydrogen) atoms. The van der Waals surface area contributed by atoms with Crippen LogP contribution in [0.5, 0.6) is 5.75 Å². The molecule has 1 aromatic carbocycles. The molecule has 2 fully saturated rings. The molecule has 1 aliphatic heterocycles. The average molecular weight is 541 g/mol. The van der Waals surface area contributed by atoms with Crippen molar-refractivity contribution < 1.29 is 34.5 Å². The van der Waals surface area contributed by atoms with Gasteiger partial charge in [-0.1, -0.05) is 12.2 Å². The van der Waals surface area contributed by atoms with Crippen LogP contribution >= 0.6 is 0 Å². The molecule has 1 amide bonds. The maximum absolute atomic E-state index is 14.1. The van der Waals surface area contributed by atoms with Crippen molar-refractivity contribution in [1.29, 1.82) is 0 Å². The third-order valence-electron chi connectivity index (χ3n) is 9.12. The molecule has 210 valence electrons. The van der Waals surface area contributed by atoms with Crippen molar-refractivity contribution in [3.05, 3.63) is 34.9 Å². The molecule has 1 heterocycles. The number of phenols is 1. The normalized spacial score (nSPS) is 34.2. The number of likely N-dealkylation sites (N-methyl/N-ethyl adjacent to an activating group) is 1. The molecular formula is C28H36N4O7. The number of rotatable bonds is 5. The molecule has 2 saturated carbocycles. The topological polar surface area (TPSA) is 165 Å². The molecule has 0 saturated heterocycles. The lowest BCUT2D eigenvalue weighted by molar-refractivity contribution is -0.190. The summed E-state index contributed by atoms with van der Waals surface area (Å²) in [6.07, 6.45) is 2.88. The van der Waals surface area contributed by atoms with Crippen LogP contribution in [-0.4, -0.2) is 107 Å². The Morgan fingerprint density at radius 2 is 1.77 bits per heavy atom. The summed E-state index contributed by atoms with van der Waals surface area (Å²) < 4.78 is 0. The number of phenolic OH excluding ortho intramolecular Hbond substituents is 1. The Morgan fingerprint density at radius 1 is 1.13 bits per heavy atom. The van der Waals surface area contributed by atoms with Crippen LogP contribution in [0.3, 0.4) is 0 Å². The van der Waals surface area contributed by atoms with Gasteiger partial charge in [0.1, 0.15) is 11.7 Å². The Bertz CT molecular complexity index is 1280. The predicted octanol–water partition coefficient (Wildman–Crippen LogP) is -0.903. The monoisotopic (exact) mass is 540 g/mol. The molecule has 3 unspecified atom stereocenters. The molecule has 5 N–H and O–H groups in total. The van der Waals surface area contributed by atoms with E-state index in [1.165, 1.54) is 0 Å². The summed E-state index contributed by atoms with van der Waals surface area (Å²) in [5.41, 5.74) is 4.72. The highest BCUT2D eigenvalue weighted by atomic mass is 16.3. The standard InChI is InChI=1S/C28H36N4O7/c1-30(2)17-11-14(12-32-7-5-6-8-32)22(33)19-15(17)9-13-10-16-21(31(3)4)24(35)20(27(29)38)26(37)28(16,39)25(36)18(13)23(19)34/h5-6,11,13,16,18,20-21,24,33,35,39H,7-10,12H2,1-4H3,(H2,29,38)/t13-,16-,18?,20?,21-,24?,28-/m1/s1. The van der Waals surface area contributed by atoms with Crippen molar-refractivity contribution in [2.45, 2.75) is 37.1 Å². The second-order valence-corrected chi connectivity index (χ2v) is 11.8. The van der Waals surface area contributed by atoms with Gasteiger partial charge in [-0.25, -0.2) is 0 Å². The predicted molar refractivity (Wildman–Crippen MR) is 141 cm³/mol. The highest BCUT2D eigenvalue weighted by Gasteiger charge is 2.69. The number of anilines is 1. The van der Waals surface area contributed by atoms with Crippen LogP contribution in [0.15, 0.2) is 18.2 Å². The minimum absolute atomic E-state index is 0.0407. The van der Waals surface area contributed by atoms with Crippen LogP contribution < -0.4 is 10.6 Å². The number of benzene rings is 1. The Morgan fingerprint density at radius 3 is 2.33 bits per heavy atom. The van der Waals surface area contributed by atoms with Crippen molar-refractivity contribution >= 4 is 28.9 Å². The average Bonchev–Trinajstić information content (AvgIpc) is 3.35. The first-order valence-electron chi connectivity index (χ1n) is 13.2. The summed E-state index contributed by atoms with van der Waals surface area (Å²) in [7, 11) is 6.94. The molecule has 5 rings (SSSR count). The molecule has 0 spiro atoms. The van der Waals surface area contributed by atoms with Gasteiger partial charge in [-0.2, -0.15) is 0 Å². The van der Waals surface area contributed by atoms with Gasteiger partial charge in [0.05, 0.1) is 17.6 Å². The highest BCUT2D eigenvalue weighted by molar-refractivity contribution is 6.25. The quantitative estimate of drug-likeness (QED) is 0.272. The molecule has 1 aromatic rings. The molecule has 11 heteroatoms. The molecule has 0 bridgehead atoms. The molecule has 0 aromatic heterocycles. The van der Waals surface area contributed by atoms with Gasteiger partial charge in [-0.3, -0.25) is 24.1 Å². The van der Waals surface area contributed by atoms with Gasteiger partial charge in [-0.15, -0.1) is 0 Å². The lowest BCUT2D eigenvalue weighted by atomic mass is 9.52. The molecular weight excluding hydrogens is 504 g/mol. The maximum atomic E-state index is 14.1. The zero-order chi connectivity index (χ0) is 28.5. The van der Waals surface area contributed by atoms with Crippen molar-refractivity contribution in [2.75, 3.05) is 46.2 Å². The van der Waals surface area contributed by atoms with Crippen LogP contribution in [0.4, 0.5) is 5.69 Å². The first-order valence-corrected chi connectivity index (χ1v) is 13.2. The number of carbonyl (C=O) groups excluding carboxylic acids is 4. The molecule has 7 atom stereocenters. The lowest BCUT2D eigenvalue weighted by Crippen LogP contribution is -2.75. The molecule has 3 aliphatic carbocycles. The number of nitrogens with zero attached hydrogens (tertiary/aromatic N) is 3. The summed E-state index contributed by atoms with van der Waals surface area (Å²) >= 11 is 0. The van der Waals surface area contributed by atoms with E-state index >= 15 is 0 Å². The SMILES string of the molecule is CN(C)c1cc(CN2CC=CC2)c(O)c2c1C[C@@H]1C[C@@H]3[C@@H](N(C)C)C(O)C(C(N)=O)C(=O)[C@]3(O)C(=O)C1C2=O. The minimum Gasteiger partial charge on any atom is -0.507 e. The van der Waals surface area contributed by atoms with Crippen molar-refractivity contribution in [1.82, 2.24) is 9.80 Å².